The molecule has 0 aliphatic rings. The second kappa shape index (κ2) is 9.32. The van der Waals surface area contributed by atoms with Gasteiger partial charge in [-0.2, -0.15) is 0 Å². The molecule has 0 aliphatic carbocycles. The lowest BCUT2D eigenvalue weighted by atomic mass is 10.1. The summed E-state index contributed by atoms with van der Waals surface area (Å²) in [6, 6.07) is 6.00. The zero-order valence-electron chi connectivity index (χ0n) is 14.2. The van der Waals surface area contributed by atoms with E-state index >= 15 is 0 Å². The number of benzene rings is 1. The fourth-order valence-corrected chi connectivity index (χ4v) is 2.43. The maximum atomic E-state index is 11.5. The van der Waals surface area contributed by atoms with Gasteiger partial charge in [0.15, 0.2) is 6.61 Å². The van der Waals surface area contributed by atoms with Gasteiger partial charge < -0.3 is 13.9 Å². The van der Waals surface area contributed by atoms with Crippen molar-refractivity contribution in [3.05, 3.63) is 35.2 Å². The van der Waals surface area contributed by atoms with E-state index in [0.29, 0.717) is 17.7 Å². The second-order valence-electron chi connectivity index (χ2n) is 5.38. The number of esters is 1. The summed E-state index contributed by atoms with van der Waals surface area (Å²) in [4.78, 5) is 11.5. The van der Waals surface area contributed by atoms with Crippen LogP contribution in [0.5, 0.6) is 5.75 Å². The Bertz CT molecular complexity index is 672. The molecule has 130 valence electrons. The Hall–Kier alpha value is -2.02. The molecule has 0 N–H and O–H groups in total. The van der Waals surface area contributed by atoms with Crippen molar-refractivity contribution >= 4 is 17.7 Å². The van der Waals surface area contributed by atoms with E-state index < -0.39 is 0 Å². The molecule has 0 bridgehead atoms. The van der Waals surface area contributed by atoms with E-state index in [0.717, 1.165) is 41.5 Å². The van der Waals surface area contributed by atoms with Gasteiger partial charge in [-0.05, 0) is 37.5 Å². The molecule has 0 saturated carbocycles. The van der Waals surface area contributed by atoms with Crippen LogP contribution in [0.1, 0.15) is 36.8 Å². The molecule has 6 nitrogen and oxygen atoms in total. The maximum absolute atomic E-state index is 11.5. The minimum absolute atomic E-state index is 0.156. The normalized spacial score (nSPS) is 10.6. The number of nitrogens with zero attached hydrogens (tertiary/aromatic N) is 2. The van der Waals surface area contributed by atoms with Crippen molar-refractivity contribution in [2.24, 2.45) is 0 Å². The monoisotopic (exact) mass is 350 g/mol. The highest BCUT2D eigenvalue weighted by molar-refractivity contribution is 7.99. The van der Waals surface area contributed by atoms with Crippen LogP contribution in [0.4, 0.5) is 0 Å². The van der Waals surface area contributed by atoms with Gasteiger partial charge in [0.1, 0.15) is 11.5 Å². The lowest BCUT2D eigenvalue weighted by molar-refractivity contribution is -0.140. The quantitative estimate of drug-likeness (QED) is 0.388. The summed E-state index contributed by atoms with van der Waals surface area (Å²) in [5.41, 5.74) is 2.17. The van der Waals surface area contributed by atoms with Crippen LogP contribution in [-0.4, -0.2) is 28.5 Å². The second-order valence-corrected chi connectivity index (χ2v) is 6.31. The van der Waals surface area contributed by atoms with E-state index in [9.17, 15) is 4.79 Å². The van der Waals surface area contributed by atoms with Crippen LogP contribution in [0.25, 0.3) is 0 Å². The largest absolute Gasteiger partial charge is 0.484 e. The highest BCUT2D eigenvalue weighted by Crippen LogP contribution is 2.21. The summed E-state index contributed by atoms with van der Waals surface area (Å²) in [6.45, 7) is 6.68. The van der Waals surface area contributed by atoms with Crippen molar-refractivity contribution in [1.29, 1.82) is 0 Å². The van der Waals surface area contributed by atoms with Crippen LogP contribution < -0.4 is 4.74 Å². The van der Waals surface area contributed by atoms with Gasteiger partial charge in [0.2, 0.25) is 0 Å². The molecule has 0 aliphatic heterocycles. The van der Waals surface area contributed by atoms with E-state index in [-0.39, 0.29) is 18.3 Å². The van der Waals surface area contributed by atoms with E-state index in [4.69, 9.17) is 13.9 Å². The number of ether oxygens (including phenoxy) is 2. The van der Waals surface area contributed by atoms with Crippen LogP contribution in [0.15, 0.2) is 27.8 Å². The minimum Gasteiger partial charge on any atom is -0.484 e. The summed E-state index contributed by atoms with van der Waals surface area (Å²) in [5, 5.41) is 8.15. The van der Waals surface area contributed by atoms with E-state index in [1.165, 1.54) is 0 Å². The first-order chi connectivity index (χ1) is 11.6. The fraction of sp³-hybridized carbons (Fsp3) is 0.471. The number of thioether (sulfide) groups is 1. The van der Waals surface area contributed by atoms with Crippen molar-refractivity contribution < 1.29 is 18.7 Å². The number of unbranched alkanes of at least 4 members (excludes halogenated alkanes) is 1. The van der Waals surface area contributed by atoms with Gasteiger partial charge in [0.05, 0.1) is 6.61 Å². The smallest absolute Gasteiger partial charge is 0.316 e. The first-order valence-corrected chi connectivity index (χ1v) is 8.88. The van der Waals surface area contributed by atoms with Crippen LogP contribution in [0.2, 0.25) is 0 Å². The average molecular weight is 350 g/mol. The number of rotatable bonds is 9. The average Bonchev–Trinajstić information content (AvgIpc) is 3.02. The van der Waals surface area contributed by atoms with Crippen LogP contribution in [-0.2, 0) is 16.1 Å². The van der Waals surface area contributed by atoms with E-state index in [1.807, 2.05) is 39.0 Å². The number of hydrogen-bond acceptors (Lipinski definition) is 7. The molecule has 7 heteroatoms. The molecular formula is C17H22N2O4S. The van der Waals surface area contributed by atoms with Gasteiger partial charge in [0, 0.05) is 0 Å². The first kappa shape index (κ1) is 18.3. The summed E-state index contributed by atoms with van der Waals surface area (Å²) >= 11 is 1.16. The third-order valence-corrected chi connectivity index (χ3v) is 4.01. The lowest BCUT2D eigenvalue weighted by Crippen LogP contribution is -2.08. The SMILES string of the molecule is CCCCOC(=O)CSc1nnc(COc2cc(C)ccc2C)o1. The Balaban J connectivity index is 1.78. The molecule has 0 saturated heterocycles. The third kappa shape index (κ3) is 5.88. The molecule has 1 heterocycles. The zero-order valence-corrected chi connectivity index (χ0v) is 15.0. The zero-order chi connectivity index (χ0) is 17.4. The predicted molar refractivity (Wildman–Crippen MR) is 91.1 cm³/mol. The molecular weight excluding hydrogens is 328 g/mol. The topological polar surface area (TPSA) is 74.5 Å². The molecule has 1 aromatic heterocycles. The predicted octanol–water partition coefficient (Wildman–Crippen LogP) is 3.70. The third-order valence-electron chi connectivity index (χ3n) is 3.22. The highest BCUT2D eigenvalue weighted by atomic mass is 32.2. The number of aryl methyl sites for hydroxylation is 2. The molecule has 2 rings (SSSR count). The molecule has 0 spiro atoms. The molecule has 0 unspecified atom stereocenters. The van der Waals surface area contributed by atoms with Crippen LogP contribution in [0.3, 0.4) is 0 Å². The fourth-order valence-electron chi connectivity index (χ4n) is 1.85. The van der Waals surface area contributed by atoms with Crippen LogP contribution in [0, 0.1) is 13.8 Å². The standard InChI is InChI=1S/C17H22N2O4S/c1-4-5-8-21-16(20)11-24-17-19-18-15(23-17)10-22-14-9-12(2)6-7-13(14)3/h6-7,9H,4-5,8,10-11H2,1-3H3. The molecule has 2 aromatic rings. The van der Waals surface area contributed by atoms with E-state index in [1.54, 1.807) is 0 Å². The minimum atomic E-state index is -0.278. The Morgan fingerprint density at radius 1 is 1.29 bits per heavy atom. The molecule has 24 heavy (non-hydrogen) atoms. The molecule has 0 amide bonds. The molecule has 0 atom stereocenters. The molecule has 0 radical (unpaired) electrons. The van der Waals surface area contributed by atoms with Gasteiger partial charge in [-0.1, -0.05) is 37.2 Å². The highest BCUT2D eigenvalue weighted by Gasteiger charge is 2.11. The Kier molecular flexibility index (Phi) is 7.11. The number of aromatic nitrogens is 2. The van der Waals surface area contributed by atoms with Crippen molar-refractivity contribution in [3.8, 4) is 5.75 Å². The van der Waals surface area contributed by atoms with Crippen molar-refractivity contribution in [2.75, 3.05) is 12.4 Å². The van der Waals surface area contributed by atoms with E-state index in [2.05, 4.69) is 10.2 Å². The summed E-state index contributed by atoms with van der Waals surface area (Å²) in [6.07, 6.45) is 1.87. The van der Waals surface area contributed by atoms with Crippen molar-refractivity contribution in [1.82, 2.24) is 10.2 Å². The Morgan fingerprint density at radius 2 is 2.12 bits per heavy atom. The summed E-state index contributed by atoms with van der Waals surface area (Å²) in [5.74, 6) is 1.04. The lowest BCUT2D eigenvalue weighted by Gasteiger charge is -2.07. The van der Waals surface area contributed by atoms with Gasteiger partial charge >= 0.3 is 5.97 Å². The Morgan fingerprint density at radius 3 is 2.92 bits per heavy atom. The van der Waals surface area contributed by atoms with Gasteiger partial charge in [0.25, 0.3) is 11.1 Å². The molecule has 0 fully saturated rings. The number of hydrogen-bond donors (Lipinski definition) is 0. The molecule has 1 aromatic carbocycles. The first-order valence-electron chi connectivity index (χ1n) is 7.89. The van der Waals surface area contributed by atoms with Crippen molar-refractivity contribution in [3.63, 3.8) is 0 Å². The Labute approximate surface area is 145 Å². The van der Waals surface area contributed by atoms with Gasteiger partial charge in [-0.25, -0.2) is 0 Å². The van der Waals surface area contributed by atoms with Gasteiger partial charge in [-0.15, -0.1) is 10.2 Å². The van der Waals surface area contributed by atoms with Gasteiger partial charge in [-0.3, -0.25) is 4.79 Å². The van der Waals surface area contributed by atoms with Crippen molar-refractivity contribution in [2.45, 2.75) is 45.4 Å². The summed E-state index contributed by atoms with van der Waals surface area (Å²) in [7, 11) is 0. The number of carbonyl (C=O) groups excluding carboxylic acids is 1. The number of carbonyl (C=O) groups is 1. The maximum Gasteiger partial charge on any atom is 0.316 e. The summed E-state index contributed by atoms with van der Waals surface area (Å²) < 4.78 is 16.2. The van der Waals surface area contributed by atoms with Crippen LogP contribution >= 0.6 is 11.8 Å².